The topological polar surface area (TPSA) is 41.1 Å². The van der Waals surface area contributed by atoms with Crippen molar-refractivity contribution in [2.24, 2.45) is 5.92 Å². The van der Waals surface area contributed by atoms with Crippen molar-refractivity contribution in [2.75, 3.05) is 19.6 Å². The Hall–Kier alpha value is -0.770. The number of carbonyl (C=O) groups is 1. The third-order valence-corrected chi connectivity index (χ3v) is 3.56. The van der Waals surface area contributed by atoms with Crippen molar-refractivity contribution < 1.29 is 4.79 Å². The normalized spacial score (nSPS) is 15.4. The largest absolute Gasteiger partial charge is 0.355 e. The van der Waals surface area contributed by atoms with Crippen molar-refractivity contribution in [2.45, 2.75) is 6.42 Å². The van der Waals surface area contributed by atoms with Crippen LogP contribution in [0.1, 0.15) is 5.56 Å². The SMILES string of the molecule is O=C(Cc1c(Cl)cccc1Cl)NCC1CNC1. The predicted octanol–water partition coefficient (Wildman–Crippen LogP) is 1.87. The summed E-state index contributed by atoms with van der Waals surface area (Å²) in [5.74, 6) is 0.521. The van der Waals surface area contributed by atoms with Crippen LogP contribution in [0, 0.1) is 5.92 Å². The van der Waals surface area contributed by atoms with Gasteiger partial charge in [-0.25, -0.2) is 0 Å². The van der Waals surface area contributed by atoms with Gasteiger partial charge in [-0.1, -0.05) is 29.3 Å². The van der Waals surface area contributed by atoms with Crippen LogP contribution in [-0.4, -0.2) is 25.5 Å². The quantitative estimate of drug-likeness (QED) is 0.879. The van der Waals surface area contributed by atoms with Crippen molar-refractivity contribution in [3.05, 3.63) is 33.8 Å². The number of rotatable bonds is 4. The number of nitrogens with one attached hydrogen (secondary N) is 2. The molecule has 1 aromatic rings. The first-order valence-electron chi connectivity index (χ1n) is 5.57. The van der Waals surface area contributed by atoms with Crippen LogP contribution < -0.4 is 10.6 Å². The molecule has 0 unspecified atom stereocenters. The fourth-order valence-electron chi connectivity index (χ4n) is 1.68. The maximum absolute atomic E-state index is 11.7. The van der Waals surface area contributed by atoms with Gasteiger partial charge in [-0.05, 0) is 17.7 Å². The van der Waals surface area contributed by atoms with E-state index in [0.717, 1.165) is 13.1 Å². The molecule has 5 heteroatoms. The molecule has 1 aliphatic heterocycles. The van der Waals surface area contributed by atoms with Crippen molar-refractivity contribution in [1.29, 1.82) is 0 Å². The fraction of sp³-hybridized carbons (Fsp3) is 0.417. The van der Waals surface area contributed by atoms with Crippen LogP contribution in [0.25, 0.3) is 0 Å². The van der Waals surface area contributed by atoms with Crippen LogP contribution in [0.15, 0.2) is 18.2 Å². The molecule has 92 valence electrons. The van der Waals surface area contributed by atoms with Gasteiger partial charge in [0.15, 0.2) is 0 Å². The number of halogens is 2. The molecule has 3 nitrogen and oxygen atoms in total. The van der Waals surface area contributed by atoms with Crippen molar-refractivity contribution >= 4 is 29.1 Å². The van der Waals surface area contributed by atoms with Gasteiger partial charge in [0.1, 0.15) is 0 Å². The summed E-state index contributed by atoms with van der Waals surface area (Å²) in [5, 5.41) is 7.13. The maximum atomic E-state index is 11.7. The Balaban J connectivity index is 1.88. The van der Waals surface area contributed by atoms with Gasteiger partial charge < -0.3 is 10.6 Å². The molecule has 1 saturated heterocycles. The van der Waals surface area contributed by atoms with Gasteiger partial charge in [-0.2, -0.15) is 0 Å². The summed E-state index contributed by atoms with van der Waals surface area (Å²) in [6.45, 7) is 2.67. The molecule has 0 aliphatic carbocycles. The second kappa shape index (κ2) is 5.71. The molecule has 17 heavy (non-hydrogen) atoms. The summed E-state index contributed by atoms with van der Waals surface area (Å²) in [4.78, 5) is 11.7. The molecule has 0 spiro atoms. The van der Waals surface area contributed by atoms with Crippen molar-refractivity contribution in [3.8, 4) is 0 Å². The average molecular weight is 273 g/mol. The highest BCUT2D eigenvalue weighted by molar-refractivity contribution is 6.36. The van der Waals surface area contributed by atoms with Crippen molar-refractivity contribution in [1.82, 2.24) is 10.6 Å². The van der Waals surface area contributed by atoms with E-state index in [1.54, 1.807) is 18.2 Å². The predicted molar refractivity (Wildman–Crippen MR) is 69.5 cm³/mol. The summed E-state index contributed by atoms with van der Waals surface area (Å²) in [6, 6.07) is 5.25. The molecule has 0 bridgehead atoms. The zero-order valence-corrected chi connectivity index (χ0v) is 10.8. The highest BCUT2D eigenvalue weighted by Crippen LogP contribution is 2.24. The molecule has 1 amide bonds. The Morgan fingerprint density at radius 3 is 2.53 bits per heavy atom. The Bertz CT molecular complexity index is 399. The van der Waals surface area contributed by atoms with E-state index in [4.69, 9.17) is 23.2 Å². The number of benzene rings is 1. The van der Waals surface area contributed by atoms with E-state index in [0.29, 0.717) is 28.1 Å². The average Bonchev–Trinajstić information content (AvgIpc) is 2.21. The molecule has 1 aromatic carbocycles. The molecule has 2 N–H and O–H groups in total. The van der Waals surface area contributed by atoms with E-state index in [1.165, 1.54) is 0 Å². The van der Waals surface area contributed by atoms with E-state index >= 15 is 0 Å². The van der Waals surface area contributed by atoms with E-state index in [9.17, 15) is 4.79 Å². The monoisotopic (exact) mass is 272 g/mol. The van der Waals surface area contributed by atoms with Crippen LogP contribution in [0.3, 0.4) is 0 Å². The molecule has 0 saturated carbocycles. The zero-order chi connectivity index (χ0) is 12.3. The van der Waals surface area contributed by atoms with Gasteiger partial charge in [0.2, 0.25) is 5.91 Å². The van der Waals surface area contributed by atoms with Gasteiger partial charge in [-0.3, -0.25) is 4.79 Å². The lowest BCUT2D eigenvalue weighted by Crippen LogP contribution is -2.48. The summed E-state index contributed by atoms with van der Waals surface area (Å²) >= 11 is 12.0. The lowest BCUT2D eigenvalue weighted by atomic mass is 10.0. The number of hydrogen-bond donors (Lipinski definition) is 2. The number of amides is 1. The van der Waals surface area contributed by atoms with Gasteiger partial charge in [-0.15, -0.1) is 0 Å². The van der Waals surface area contributed by atoms with Crippen LogP contribution in [0.4, 0.5) is 0 Å². The number of hydrogen-bond acceptors (Lipinski definition) is 2. The lowest BCUT2D eigenvalue weighted by Gasteiger charge is -2.27. The summed E-state index contributed by atoms with van der Waals surface area (Å²) in [6.07, 6.45) is 0.235. The first-order chi connectivity index (χ1) is 8.16. The Morgan fingerprint density at radius 2 is 2.00 bits per heavy atom. The first-order valence-corrected chi connectivity index (χ1v) is 6.32. The van der Waals surface area contributed by atoms with Crippen molar-refractivity contribution in [3.63, 3.8) is 0 Å². The minimum atomic E-state index is -0.0353. The second-order valence-corrected chi connectivity index (χ2v) is 5.02. The van der Waals surface area contributed by atoms with Gasteiger partial charge in [0.25, 0.3) is 0 Å². The van der Waals surface area contributed by atoms with Crippen LogP contribution >= 0.6 is 23.2 Å². The third kappa shape index (κ3) is 3.35. The highest BCUT2D eigenvalue weighted by Gasteiger charge is 2.17. The second-order valence-electron chi connectivity index (χ2n) is 4.21. The zero-order valence-electron chi connectivity index (χ0n) is 9.30. The van der Waals surface area contributed by atoms with E-state index in [2.05, 4.69) is 10.6 Å². The Morgan fingerprint density at radius 1 is 1.35 bits per heavy atom. The Kier molecular flexibility index (Phi) is 4.26. The first kappa shape index (κ1) is 12.7. The van der Waals surface area contributed by atoms with Gasteiger partial charge >= 0.3 is 0 Å². The molecule has 1 fully saturated rings. The molecule has 1 aliphatic rings. The minimum Gasteiger partial charge on any atom is -0.355 e. The highest BCUT2D eigenvalue weighted by atomic mass is 35.5. The molecule has 2 rings (SSSR count). The maximum Gasteiger partial charge on any atom is 0.224 e. The summed E-state index contributed by atoms with van der Waals surface area (Å²) in [5.41, 5.74) is 0.695. The fourth-order valence-corrected chi connectivity index (χ4v) is 2.21. The summed E-state index contributed by atoms with van der Waals surface area (Å²) < 4.78 is 0. The standard InChI is InChI=1S/C12H14Cl2N2O/c13-10-2-1-3-11(14)9(10)4-12(17)16-7-8-5-15-6-8/h1-3,8,15H,4-7H2,(H,16,17). The van der Waals surface area contributed by atoms with Crippen LogP contribution in [-0.2, 0) is 11.2 Å². The molecule has 1 heterocycles. The molecular formula is C12H14Cl2N2O. The van der Waals surface area contributed by atoms with Crippen LogP contribution in [0.2, 0.25) is 10.0 Å². The third-order valence-electron chi connectivity index (χ3n) is 2.85. The molecule has 0 aromatic heterocycles. The van der Waals surface area contributed by atoms with Gasteiger partial charge in [0, 0.05) is 35.6 Å². The molecule has 0 atom stereocenters. The minimum absolute atomic E-state index is 0.0353. The van der Waals surface area contributed by atoms with Crippen LogP contribution in [0.5, 0.6) is 0 Å². The van der Waals surface area contributed by atoms with Gasteiger partial charge in [0.05, 0.1) is 6.42 Å². The van der Waals surface area contributed by atoms with E-state index in [-0.39, 0.29) is 12.3 Å². The van der Waals surface area contributed by atoms with E-state index < -0.39 is 0 Å². The smallest absolute Gasteiger partial charge is 0.224 e. The lowest BCUT2D eigenvalue weighted by molar-refractivity contribution is -0.120. The number of carbonyl (C=O) groups excluding carboxylic acids is 1. The van der Waals surface area contributed by atoms with E-state index in [1.807, 2.05) is 0 Å². The molecule has 0 radical (unpaired) electrons. The summed E-state index contributed by atoms with van der Waals surface area (Å²) in [7, 11) is 0. The Labute approximate surface area is 110 Å². The molecular weight excluding hydrogens is 259 g/mol.